The molecule has 3 unspecified atom stereocenters. The number of methoxy groups -OCH3 is 2. The number of benzene rings is 2. The molecule has 1 saturated heterocycles. The van der Waals surface area contributed by atoms with Gasteiger partial charge in [0.1, 0.15) is 0 Å². The van der Waals surface area contributed by atoms with Crippen LogP contribution in [0, 0.1) is 17.0 Å². The van der Waals surface area contributed by atoms with Gasteiger partial charge in [-0.25, -0.2) is 5.21 Å². The molecule has 2 aromatic carbocycles. The van der Waals surface area contributed by atoms with E-state index in [2.05, 4.69) is 10.2 Å². The highest BCUT2D eigenvalue weighted by Gasteiger charge is 2.49. The monoisotopic (exact) mass is 546 g/mol. The summed E-state index contributed by atoms with van der Waals surface area (Å²) in [6.07, 6.45) is 2.00. The first-order valence-electron chi connectivity index (χ1n) is 13.7. The number of carbonyl (C=O) groups excluding carboxylic acids is 1. The number of quaternary nitrogens is 1. The van der Waals surface area contributed by atoms with Gasteiger partial charge in [0, 0.05) is 61.2 Å². The molecule has 1 aromatic heterocycles. The number of amides is 1. The molecule has 6 rings (SSSR count). The van der Waals surface area contributed by atoms with Crippen LogP contribution in [-0.4, -0.2) is 49.0 Å². The number of pyridine rings is 1. The Morgan fingerprint density at radius 1 is 1.10 bits per heavy atom. The first kappa shape index (κ1) is 26.4. The molecular formula is C30H34N4O6. The summed E-state index contributed by atoms with van der Waals surface area (Å²) in [7, 11) is 3.19. The Hall–Kier alpha value is -3.86. The largest absolute Gasteiger partial charge is 0.595 e. The lowest BCUT2D eigenvalue weighted by molar-refractivity contribution is -0.991. The molecule has 0 radical (unpaired) electrons. The van der Waals surface area contributed by atoms with Crippen molar-refractivity contribution in [3.05, 3.63) is 87.0 Å². The van der Waals surface area contributed by atoms with Crippen LogP contribution in [0.5, 0.6) is 11.5 Å². The number of anilines is 1. The smallest absolute Gasteiger partial charge is 0.250 e. The van der Waals surface area contributed by atoms with Crippen molar-refractivity contribution in [2.45, 2.75) is 37.8 Å². The summed E-state index contributed by atoms with van der Waals surface area (Å²) in [4.78, 5) is 28.8. The third kappa shape index (κ3) is 4.61. The number of rotatable bonds is 7. The number of hydrogen-bond donors (Lipinski definition) is 3. The zero-order chi connectivity index (χ0) is 28.0. The molecule has 40 heavy (non-hydrogen) atoms. The zero-order valence-corrected chi connectivity index (χ0v) is 22.6. The van der Waals surface area contributed by atoms with Crippen molar-refractivity contribution in [2.24, 2.45) is 11.8 Å². The second kappa shape index (κ2) is 10.6. The van der Waals surface area contributed by atoms with Gasteiger partial charge in [-0.1, -0.05) is 12.1 Å². The Morgan fingerprint density at radius 3 is 2.70 bits per heavy atom. The first-order valence-corrected chi connectivity index (χ1v) is 13.7. The van der Waals surface area contributed by atoms with Crippen molar-refractivity contribution in [1.29, 1.82) is 0 Å². The molecule has 10 heteroatoms. The Labute approximate surface area is 232 Å². The number of ether oxygens (including phenoxy) is 2. The topological polar surface area (TPSA) is 121 Å². The van der Waals surface area contributed by atoms with Gasteiger partial charge in [-0.15, -0.1) is 0 Å². The van der Waals surface area contributed by atoms with Crippen LogP contribution >= 0.6 is 0 Å². The Morgan fingerprint density at radius 2 is 1.93 bits per heavy atom. The molecule has 1 amide bonds. The number of piperidine rings is 1. The van der Waals surface area contributed by atoms with Crippen LogP contribution in [0.25, 0.3) is 0 Å². The Balaban J connectivity index is 1.27. The lowest BCUT2D eigenvalue weighted by atomic mass is 9.70. The number of nitrogens with one attached hydrogen (secondary N) is 2. The van der Waals surface area contributed by atoms with E-state index < -0.39 is 5.23 Å². The van der Waals surface area contributed by atoms with Gasteiger partial charge >= 0.3 is 0 Å². The van der Waals surface area contributed by atoms with Crippen molar-refractivity contribution in [2.75, 3.05) is 32.2 Å². The van der Waals surface area contributed by atoms with E-state index in [1.165, 1.54) is 0 Å². The third-order valence-corrected chi connectivity index (χ3v) is 8.75. The van der Waals surface area contributed by atoms with Crippen molar-refractivity contribution < 1.29 is 24.7 Å². The fourth-order valence-electron chi connectivity index (χ4n) is 6.98. The van der Waals surface area contributed by atoms with E-state index in [-0.39, 0.29) is 40.9 Å². The summed E-state index contributed by atoms with van der Waals surface area (Å²) in [6, 6.07) is 16.3. The van der Waals surface area contributed by atoms with E-state index in [0.29, 0.717) is 44.0 Å². The van der Waals surface area contributed by atoms with Crippen LogP contribution < -0.4 is 30.5 Å². The SMILES string of the molecule is COc1ccc(CCNC(=O)[C@@H]2Cc3cc([NH+]([O-])O)ccc3N3CC4CC(Cn5c4cccc5=O)[C@@H]23)cc1OC. The maximum Gasteiger partial charge on any atom is 0.250 e. The van der Waals surface area contributed by atoms with Crippen LogP contribution in [0.2, 0.25) is 0 Å². The third-order valence-electron chi connectivity index (χ3n) is 8.75. The molecule has 0 spiro atoms. The van der Waals surface area contributed by atoms with Gasteiger partial charge in [-0.2, -0.15) is 5.23 Å². The van der Waals surface area contributed by atoms with Crippen LogP contribution in [0.1, 0.15) is 29.2 Å². The minimum absolute atomic E-state index is 0.00104. The van der Waals surface area contributed by atoms with Crippen LogP contribution in [0.4, 0.5) is 11.4 Å². The van der Waals surface area contributed by atoms with Gasteiger partial charge in [0.2, 0.25) is 5.91 Å². The molecule has 3 N–H and O–H groups in total. The van der Waals surface area contributed by atoms with Gasteiger partial charge in [0.25, 0.3) is 5.56 Å². The highest BCUT2D eigenvalue weighted by molar-refractivity contribution is 5.82. The van der Waals surface area contributed by atoms with Gasteiger partial charge in [0.15, 0.2) is 17.2 Å². The molecule has 3 aliphatic rings. The molecule has 0 aliphatic carbocycles. The first-order chi connectivity index (χ1) is 19.4. The number of nitrogens with zero attached hydrogens (tertiary/aromatic N) is 2. The standard InChI is InChI=1S/C30H34N4O6/c1-39-26-9-6-18(12-27(26)40-2)10-11-31-30(36)23-15-19-14-22(34(37)38)7-8-25(19)33-16-20-13-21(29(23)33)17-32-24(20)4-3-5-28(32)35/h3-9,12,14,20-21,23,29,34,37H,10-11,13,15-17H2,1-2H3,(H,31,36)/t20?,21?,23-,29+/m1/s1. The normalized spacial score (nSPS) is 23.4. The molecule has 2 bridgehead atoms. The maximum absolute atomic E-state index is 13.8. The molecule has 5 atom stereocenters. The van der Waals surface area contributed by atoms with Gasteiger partial charge in [0.05, 0.1) is 20.1 Å². The quantitative estimate of drug-likeness (QED) is 0.387. The summed E-state index contributed by atoms with van der Waals surface area (Å²) in [5, 5.41) is 23.5. The number of fused-ring (bicyclic) bond motifs is 8. The minimum Gasteiger partial charge on any atom is -0.595 e. The Kier molecular flexibility index (Phi) is 6.99. The number of carbonyl (C=O) groups is 1. The van der Waals surface area contributed by atoms with Crippen LogP contribution in [0.15, 0.2) is 59.4 Å². The van der Waals surface area contributed by atoms with Crippen LogP contribution in [0.3, 0.4) is 0 Å². The van der Waals surface area contributed by atoms with E-state index in [1.54, 1.807) is 32.4 Å². The molecule has 3 aromatic rings. The fraction of sp³-hybridized carbons (Fsp3) is 0.400. The number of hydrogen-bond acceptors (Lipinski definition) is 7. The number of aromatic nitrogens is 1. The summed E-state index contributed by atoms with van der Waals surface area (Å²) >= 11 is 0. The minimum atomic E-state index is -0.982. The maximum atomic E-state index is 13.8. The summed E-state index contributed by atoms with van der Waals surface area (Å²) in [5.74, 6) is 1.17. The van der Waals surface area contributed by atoms with Crippen molar-refractivity contribution in [3.8, 4) is 11.5 Å². The van der Waals surface area contributed by atoms with Gasteiger partial charge in [-0.3, -0.25) is 9.59 Å². The summed E-state index contributed by atoms with van der Waals surface area (Å²) in [5.41, 5.74) is 4.14. The molecule has 10 nitrogen and oxygen atoms in total. The van der Waals surface area contributed by atoms with E-state index >= 15 is 0 Å². The molecular weight excluding hydrogens is 512 g/mol. The molecule has 1 fully saturated rings. The molecule has 0 saturated carbocycles. The Bertz CT molecular complexity index is 1490. The van der Waals surface area contributed by atoms with E-state index in [4.69, 9.17) is 9.47 Å². The van der Waals surface area contributed by atoms with Crippen molar-refractivity contribution >= 4 is 17.3 Å². The van der Waals surface area contributed by atoms with E-state index in [1.807, 2.05) is 41.0 Å². The zero-order valence-electron chi connectivity index (χ0n) is 22.6. The fourth-order valence-corrected chi connectivity index (χ4v) is 6.98. The van der Waals surface area contributed by atoms with Crippen LogP contribution in [-0.2, 0) is 24.2 Å². The second-order valence-electron chi connectivity index (χ2n) is 10.9. The second-order valence-corrected chi connectivity index (χ2v) is 10.9. The summed E-state index contributed by atoms with van der Waals surface area (Å²) < 4.78 is 12.6. The highest BCUT2D eigenvalue weighted by atomic mass is 16.8. The lowest BCUT2D eigenvalue weighted by Gasteiger charge is -2.54. The van der Waals surface area contributed by atoms with E-state index in [9.17, 15) is 20.0 Å². The lowest BCUT2D eigenvalue weighted by Crippen LogP contribution is -2.99. The van der Waals surface area contributed by atoms with Crippen molar-refractivity contribution in [3.63, 3.8) is 0 Å². The highest BCUT2D eigenvalue weighted by Crippen LogP contribution is 2.47. The average molecular weight is 547 g/mol. The van der Waals surface area contributed by atoms with Crippen molar-refractivity contribution in [1.82, 2.24) is 9.88 Å². The average Bonchev–Trinajstić information content (AvgIpc) is 2.96. The molecule has 3 aliphatic heterocycles. The molecule has 210 valence electrons. The van der Waals surface area contributed by atoms with Gasteiger partial charge in [-0.05, 0) is 60.6 Å². The van der Waals surface area contributed by atoms with E-state index in [0.717, 1.165) is 28.9 Å². The summed E-state index contributed by atoms with van der Waals surface area (Å²) in [6.45, 7) is 1.71. The molecule has 4 heterocycles. The predicted molar refractivity (Wildman–Crippen MR) is 148 cm³/mol. The predicted octanol–water partition coefficient (Wildman–Crippen LogP) is 1.79. The van der Waals surface area contributed by atoms with Gasteiger partial charge < -0.3 is 29.5 Å².